The molecule has 0 saturated carbocycles. The van der Waals surface area contributed by atoms with E-state index in [0.29, 0.717) is 12.5 Å². The number of aromatic carboxylic acids is 1. The number of carboxylic acid groups (broad SMARTS) is 1. The Balaban J connectivity index is 2.11. The molecular weight excluding hydrogens is 332 g/mol. The van der Waals surface area contributed by atoms with Crippen LogP contribution in [0.4, 0.5) is 0 Å². The van der Waals surface area contributed by atoms with Crippen LogP contribution in [-0.4, -0.2) is 11.1 Å². The van der Waals surface area contributed by atoms with Crippen molar-refractivity contribution in [1.29, 1.82) is 0 Å². The van der Waals surface area contributed by atoms with Gasteiger partial charge in [-0.25, -0.2) is 4.79 Å². The van der Waals surface area contributed by atoms with Gasteiger partial charge in [0.05, 0.1) is 5.56 Å². The molecule has 2 aromatic rings. The van der Waals surface area contributed by atoms with Crippen LogP contribution in [0.3, 0.4) is 0 Å². The van der Waals surface area contributed by atoms with Gasteiger partial charge in [0.2, 0.25) is 0 Å². The van der Waals surface area contributed by atoms with Gasteiger partial charge in [-0.15, -0.1) is 0 Å². The minimum atomic E-state index is -0.919. The van der Waals surface area contributed by atoms with Crippen molar-refractivity contribution in [1.82, 2.24) is 0 Å². The Morgan fingerprint density at radius 1 is 1.19 bits per heavy atom. The van der Waals surface area contributed by atoms with Crippen molar-refractivity contribution in [3.05, 3.63) is 63.6 Å². The molecule has 0 amide bonds. The van der Waals surface area contributed by atoms with Crippen LogP contribution in [-0.2, 0) is 6.61 Å². The molecule has 0 aromatic heterocycles. The van der Waals surface area contributed by atoms with E-state index in [4.69, 9.17) is 9.84 Å². The fourth-order valence-electron chi connectivity index (χ4n) is 2.01. The van der Waals surface area contributed by atoms with Crippen LogP contribution in [0.2, 0.25) is 0 Å². The van der Waals surface area contributed by atoms with Gasteiger partial charge >= 0.3 is 5.97 Å². The van der Waals surface area contributed by atoms with Gasteiger partial charge in [-0.1, -0.05) is 41.9 Å². The van der Waals surface area contributed by atoms with Gasteiger partial charge in [0.25, 0.3) is 0 Å². The van der Waals surface area contributed by atoms with Crippen molar-refractivity contribution >= 4 is 21.9 Å². The van der Waals surface area contributed by atoms with Gasteiger partial charge in [0.1, 0.15) is 12.4 Å². The van der Waals surface area contributed by atoms with Crippen LogP contribution < -0.4 is 4.74 Å². The Bertz CT molecular complexity index is 633. The van der Waals surface area contributed by atoms with E-state index in [1.54, 1.807) is 24.3 Å². The van der Waals surface area contributed by atoms with E-state index < -0.39 is 5.97 Å². The number of benzene rings is 2. The van der Waals surface area contributed by atoms with Gasteiger partial charge in [-0.05, 0) is 47.4 Å². The van der Waals surface area contributed by atoms with Gasteiger partial charge in [-0.2, -0.15) is 0 Å². The smallest absolute Gasteiger partial charge is 0.335 e. The summed E-state index contributed by atoms with van der Waals surface area (Å²) in [5, 5.41) is 8.87. The zero-order chi connectivity index (χ0) is 15.4. The van der Waals surface area contributed by atoms with E-state index in [2.05, 4.69) is 35.8 Å². The summed E-state index contributed by atoms with van der Waals surface area (Å²) in [7, 11) is 0. The normalized spacial score (nSPS) is 10.7. The first-order chi connectivity index (χ1) is 9.97. The third-order valence-corrected chi connectivity index (χ3v) is 3.68. The molecule has 2 aromatic carbocycles. The summed E-state index contributed by atoms with van der Waals surface area (Å²) in [6, 6.07) is 12.7. The molecule has 0 unspecified atom stereocenters. The number of hydrogen-bond donors (Lipinski definition) is 1. The van der Waals surface area contributed by atoms with Crippen molar-refractivity contribution < 1.29 is 14.6 Å². The molecule has 3 nitrogen and oxygen atoms in total. The molecule has 0 heterocycles. The monoisotopic (exact) mass is 348 g/mol. The summed E-state index contributed by atoms with van der Waals surface area (Å²) < 4.78 is 6.90. The van der Waals surface area contributed by atoms with E-state index in [1.807, 2.05) is 12.1 Å². The van der Waals surface area contributed by atoms with Crippen LogP contribution in [0.5, 0.6) is 5.75 Å². The summed E-state index contributed by atoms with van der Waals surface area (Å²) in [6.07, 6.45) is 0. The summed E-state index contributed by atoms with van der Waals surface area (Å²) in [4.78, 5) is 10.8. The SMILES string of the molecule is CC(C)c1cc(Br)ccc1OCc1ccc(C(=O)O)cc1. The fourth-order valence-corrected chi connectivity index (χ4v) is 2.39. The highest BCUT2D eigenvalue weighted by Gasteiger charge is 2.09. The molecule has 2 rings (SSSR count). The molecule has 1 N–H and O–H groups in total. The quantitative estimate of drug-likeness (QED) is 0.839. The van der Waals surface area contributed by atoms with Crippen molar-refractivity contribution in [2.75, 3.05) is 0 Å². The molecule has 4 heteroatoms. The number of carbonyl (C=O) groups is 1. The van der Waals surface area contributed by atoms with E-state index in [-0.39, 0.29) is 5.56 Å². The van der Waals surface area contributed by atoms with Crippen LogP contribution in [0.1, 0.15) is 41.3 Å². The molecular formula is C17H17BrO3. The Kier molecular flexibility index (Phi) is 5.02. The first-order valence-electron chi connectivity index (χ1n) is 6.72. The zero-order valence-electron chi connectivity index (χ0n) is 12.0. The number of ether oxygens (including phenoxy) is 1. The molecule has 21 heavy (non-hydrogen) atoms. The predicted molar refractivity (Wildman–Crippen MR) is 86.0 cm³/mol. The van der Waals surface area contributed by atoms with Crippen molar-refractivity contribution in [2.45, 2.75) is 26.4 Å². The number of rotatable bonds is 5. The number of carboxylic acids is 1. The molecule has 0 radical (unpaired) electrons. The lowest BCUT2D eigenvalue weighted by Crippen LogP contribution is -2.01. The third kappa shape index (κ3) is 4.08. The largest absolute Gasteiger partial charge is 0.489 e. The van der Waals surface area contributed by atoms with Gasteiger partial charge in [-0.3, -0.25) is 0 Å². The van der Waals surface area contributed by atoms with Crippen molar-refractivity contribution in [3.8, 4) is 5.75 Å². The van der Waals surface area contributed by atoms with Crippen LogP contribution >= 0.6 is 15.9 Å². The lowest BCUT2D eigenvalue weighted by Gasteiger charge is -2.14. The van der Waals surface area contributed by atoms with Crippen LogP contribution in [0, 0.1) is 0 Å². The summed E-state index contributed by atoms with van der Waals surface area (Å²) in [5.74, 6) is 0.305. The molecule has 0 aliphatic heterocycles. The predicted octanol–water partition coefficient (Wildman–Crippen LogP) is 4.85. The van der Waals surface area contributed by atoms with Crippen LogP contribution in [0.25, 0.3) is 0 Å². The lowest BCUT2D eigenvalue weighted by atomic mass is 10.0. The fraction of sp³-hybridized carbons (Fsp3) is 0.235. The standard InChI is InChI=1S/C17H17BrO3/c1-11(2)15-9-14(18)7-8-16(15)21-10-12-3-5-13(6-4-12)17(19)20/h3-9,11H,10H2,1-2H3,(H,19,20). The highest BCUT2D eigenvalue weighted by Crippen LogP contribution is 2.30. The summed E-state index contributed by atoms with van der Waals surface area (Å²) >= 11 is 3.47. The average Bonchev–Trinajstić information content (AvgIpc) is 2.46. The molecule has 0 aliphatic rings. The van der Waals surface area contributed by atoms with Gasteiger partial charge in [0, 0.05) is 4.47 Å². The Morgan fingerprint density at radius 2 is 1.86 bits per heavy atom. The third-order valence-electron chi connectivity index (χ3n) is 3.19. The molecule has 0 saturated heterocycles. The highest BCUT2D eigenvalue weighted by atomic mass is 79.9. The highest BCUT2D eigenvalue weighted by molar-refractivity contribution is 9.10. The minimum Gasteiger partial charge on any atom is -0.489 e. The van der Waals surface area contributed by atoms with Crippen molar-refractivity contribution in [2.24, 2.45) is 0 Å². The first-order valence-corrected chi connectivity index (χ1v) is 7.51. The van der Waals surface area contributed by atoms with E-state index >= 15 is 0 Å². The second kappa shape index (κ2) is 6.76. The topological polar surface area (TPSA) is 46.5 Å². The maximum absolute atomic E-state index is 10.8. The lowest BCUT2D eigenvalue weighted by molar-refractivity contribution is 0.0697. The number of halogens is 1. The van der Waals surface area contributed by atoms with E-state index in [9.17, 15) is 4.79 Å². The summed E-state index contributed by atoms with van der Waals surface area (Å²) in [6.45, 7) is 4.66. The molecule has 0 spiro atoms. The second-order valence-corrected chi connectivity index (χ2v) is 6.04. The Morgan fingerprint density at radius 3 is 2.43 bits per heavy atom. The zero-order valence-corrected chi connectivity index (χ0v) is 13.6. The molecule has 0 fully saturated rings. The van der Waals surface area contributed by atoms with Crippen molar-refractivity contribution in [3.63, 3.8) is 0 Å². The molecule has 0 aliphatic carbocycles. The van der Waals surface area contributed by atoms with E-state index in [0.717, 1.165) is 21.3 Å². The molecule has 110 valence electrons. The maximum atomic E-state index is 10.8. The van der Waals surface area contributed by atoms with Crippen LogP contribution in [0.15, 0.2) is 46.9 Å². The molecule has 0 bridgehead atoms. The van der Waals surface area contributed by atoms with Gasteiger partial charge < -0.3 is 9.84 Å². The summed E-state index contributed by atoms with van der Waals surface area (Å²) in [5.41, 5.74) is 2.37. The molecule has 0 atom stereocenters. The maximum Gasteiger partial charge on any atom is 0.335 e. The minimum absolute atomic E-state index is 0.283. The Hall–Kier alpha value is -1.81. The second-order valence-electron chi connectivity index (χ2n) is 5.13. The Labute approximate surface area is 132 Å². The van der Waals surface area contributed by atoms with E-state index in [1.165, 1.54) is 0 Å². The van der Waals surface area contributed by atoms with Gasteiger partial charge in [0.15, 0.2) is 0 Å². The number of hydrogen-bond acceptors (Lipinski definition) is 2. The first kappa shape index (κ1) is 15.6. The average molecular weight is 349 g/mol.